The highest BCUT2D eigenvalue weighted by Gasteiger charge is 2.13. The fourth-order valence-corrected chi connectivity index (χ4v) is 2.31. The molecule has 0 aromatic heterocycles. The maximum absolute atomic E-state index is 12.8. The number of piperazine rings is 1. The van der Waals surface area contributed by atoms with Crippen molar-refractivity contribution < 1.29 is 21.6 Å². The van der Waals surface area contributed by atoms with Gasteiger partial charge in [-0.1, -0.05) is 0 Å². The number of carbonyl (C=O) groups is 1. The molecule has 0 unspecified atom stereocenters. The number of halogens is 2. The Kier molecular flexibility index (Phi) is 7.13. The minimum Gasteiger partial charge on any atom is -1.00 e. The number of hydrogen-bond acceptors (Lipinski definition) is 3. The van der Waals surface area contributed by atoms with Crippen LogP contribution in [0.5, 0.6) is 0 Å². The zero-order valence-corrected chi connectivity index (χ0v) is 12.6. The molecule has 0 atom stereocenters. The number of likely N-dealkylation sites (N-methyl/N-ethyl adjacent to an activating group) is 1. The minimum atomic E-state index is -0.297. The molecule has 1 fully saturated rings. The molecule has 1 saturated heterocycles. The van der Waals surface area contributed by atoms with Gasteiger partial charge in [0.15, 0.2) is 5.78 Å². The van der Waals surface area contributed by atoms with Crippen LogP contribution in [0.2, 0.25) is 0 Å². The maximum Gasteiger partial charge on any atom is 0.162 e. The molecule has 1 aliphatic heterocycles. The summed E-state index contributed by atoms with van der Waals surface area (Å²) in [5.41, 5.74) is 0.611. The van der Waals surface area contributed by atoms with E-state index in [1.54, 1.807) is 12.1 Å². The summed E-state index contributed by atoms with van der Waals surface area (Å²) in [5.74, 6) is -0.192. The van der Waals surface area contributed by atoms with E-state index in [4.69, 9.17) is 0 Å². The number of benzene rings is 1. The van der Waals surface area contributed by atoms with Crippen molar-refractivity contribution in [1.29, 1.82) is 0 Å². The van der Waals surface area contributed by atoms with Gasteiger partial charge in [0.1, 0.15) is 5.82 Å². The van der Waals surface area contributed by atoms with Gasteiger partial charge in [-0.25, -0.2) is 4.39 Å². The highest BCUT2D eigenvalue weighted by Crippen LogP contribution is 2.08. The normalized spacial score (nSPS) is 16.7. The quantitative estimate of drug-likeness (QED) is 0.655. The number of carbonyl (C=O) groups excluding carboxylic acids is 1. The van der Waals surface area contributed by atoms with Crippen molar-refractivity contribution in [3.8, 4) is 0 Å². The van der Waals surface area contributed by atoms with E-state index in [1.807, 2.05) is 0 Å². The SMILES string of the molecule is CN1CCN(CCCC(=O)c2ccc(F)cc2)CC1.[Cl-]. The highest BCUT2D eigenvalue weighted by molar-refractivity contribution is 5.95. The first-order valence-electron chi connectivity index (χ1n) is 6.85. The standard InChI is InChI=1S/C15H21FN2O.ClH/c1-17-9-11-18(12-10-17)8-2-3-15(19)13-4-6-14(16)7-5-13;/h4-7H,2-3,8-12H2,1H3;1H/p-1. The van der Waals surface area contributed by atoms with Gasteiger partial charge in [-0.3, -0.25) is 4.79 Å². The van der Waals surface area contributed by atoms with E-state index in [9.17, 15) is 9.18 Å². The van der Waals surface area contributed by atoms with Gasteiger partial charge in [-0.2, -0.15) is 0 Å². The molecule has 0 saturated carbocycles. The Morgan fingerprint density at radius 2 is 1.75 bits per heavy atom. The second-order valence-electron chi connectivity index (χ2n) is 5.18. The van der Waals surface area contributed by atoms with Crippen LogP contribution >= 0.6 is 0 Å². The van der Waals surface area contributed by atoms with Gasteiger partial charge in [0.2, 0.25) is 0 Å². The summed E-state index contributed by atoms with van der Waals surface area (Å²) < 4.78 is 12.8. The topological polar surface area (TPSA) is 23.6 Å². The van der Waals surface area contributed by atoms with Crippen molar-refractivity contribution in [2.24, 2.45) is 0 Å². The predicted octanol–water partition coefficient (Wildman–Crippen LogP) is -0.960. The monoisotopic (exact) mass is 299 g/mol. The summed E-state index contributed by atoms with van der Waals surface area (Å²) in [7, 11) is 2.13. The van der Waals surface area contributed by atoms with E-state index in [0.717, 1.165) is 39.1 Å². The molecule has 0 bridgehead atoms. The van der Waals surface area contributed by atoms with E-state index in [2.05, 4.69) is 16.8 Å². The average molecular weight is 300 g/mol. The van der Waals surface area contributed by atoms with Crippen molar-refractivity contribution >= 4 is 5.78 Å². The van der Waals surface area contributed by atoms with Gasteiger partial charge in [0, 0.05) is 38.2 Å². The lowest BCUT2D eigenvalue weighted by Crippen LogP contribution is -3.00. The van der Waals surface area contributed by atoms with Crippen molar-refractivity contribution in [3.05, 3.63) is 35.6 Å². The van der Waals surface area contributed by atoms with E-state index in [1.165, 1.54) is 12.1 Å². The second-order valence-corrected chi connectivity index (χ2v) is 5.18. The molecule has 112 valence electrons. The zero-order valence-electron chi connectivity index (χ0n) is 11.8. The van der Waals surface area contributed by atoms with Crippen LogP contribution in [0.4, 0.5) is 4.39 Å². The predicted molar refractivity (Wildman–Crippen MR) is 73.9 cm³/mol. The van der Waals surface area contributed by atoms with Crippen molar-refractivity contribution in [2.45, 2.75) is 12.8 Å². The number of Topliss-reactive ketones (excluding diaryl/α,β-unsaturated/α-hetero) is 1. The lowest BCUT2D eigenvalue weighted by atomic mass is 10.1. The molecular formula is C15H21ClFN2O-. The van der Waals surface area contributed by atoms with E-state index >= 15 is 0 Å². The Morgan fingerprint density at radius 1 is 1.15 bits per heavy atom. The fraction of sp³-hybridized carbons (Fsp3) is 0.533. The molecule has 0 N–H and O–H groups in total. The van der Waals surface area contributed by atoms with Crippen LogP contribution in [0.15, 0.2) is 24.3 Å². The molecule has 20 heavy (non-hydrogen) atoms. The maximum atomic E-state index is 12.8. The molecule has 0 aliphatic carbocycles. The van der Waals surface area contributed by atoms with Crippen LogP contribution in [-0.4, -0.2) is 55.4 Å². The summed E-state index contributed by atoms with van der Waals surface area (Å²) in [6.45, 7) is 5.35. The van der Waals surface area contributed by atoms with E-state index < -0.39 is 0 Å². The van der Waals surface area contributed by atoms with Gasteiger partial charge >= 0.3 is 0 Å². The van der Waals surface area contributed by atoms with Crippen LogP contribution in [0.1, 0.15) is 23.2 Å². The Morgan fingerprint density at radius 3 is 2.35 bits per heavy atom. The first kappa shape index (κ1) is 17.1. The van der Waals surface area contributed by atoms with Crippen molar-refractivity contribution in [2.75, 3.05) is 39.8 Å². The Labute approximate surface area is 126 Å². The second kappa shape index (κ2) is 8.35. The summed E-state index contributed by atoms with van der Waals surface area (Å²) in [5, 5.41) is 0. The number of rotatable bonds is 5. The van der Waals surface area contributed by atoms with Crippen LogP contribution in [0.3, 0.4) is 0 Å². The molecule has 0 radical (unpaired) electrons. The first-order chi connectivity index (χ1) is 9.15. The molecule has 1 aliphatic rings. The number of hydrogen-bond donors (Lipinski definition) is 0. The third-order valence-electron chi connectivity index (χ3n) is 3.64. The summed E-state index contributed by atoms with van der Waals surface area (Å²) in [6.07, 6.45) is 1.41. The van der Waals surface area contributed by atoms with Gasteiger partial charge in [0.05, 0.1) is 0 Å². The highest BCUT2D eigenvalue weighted by atomic mass is 35.5. The van der Waals surface area contributed by atoms with Crippen molar-refractivity contribution in [1.82, 2.24) is 9.80 Å². The molecule has 1 aromatic carbocycles. The van der Waals surface area contributed by atoms with Gasteiger partial charge in [-0.15, -0.1) is 0 Å². The van der Waals surface area contributed by atoms with E-state index in [0.29, 0.717) is 12.0 Å². The smallest absolute Gasteiger partial charge is 0.162 e. The van der Waals surface area contributed by atoms with Gasteiger partial charge in [-0.05, 0) is 44.3 Å². The molecular weight excluding hydrogens is 279 g/mol. The minimum absolute atomic E-state index is 0. The number of nitrogens with zero attached hydrogens (tertiary/aromatic N) is 2. The molecule has 1 heterocycles. The Hall–Kier alpha value is -0.970. The van der Waals surface area contributed by atoms with Crippen LogP contribution < -0.4 is 12.4 Å². The van der Waals surface area contributed by atoms with Gasteiger partial charge < -0.3 is 22.2 Å². The van der Waals surface area contributed by atoms with Crippen LogP contribution in [0.25, 0.3) is 0 Å². The molecule has 0 spiro atoms. The third-order valence-corrected chi connectivity index (χ3v) is 3.64. The zero-order chi connectivity index (χ0) is 13.7. The lowest BCUT2D eigenvalue weighted by Gasteiger charge is -2.32. The Bertz CT molecular complexity index is 416. The molecule has 2 rings (SSSR count). The summed E-state index contributed by atoms with van der Waals surface area (Å²) in [6, 6.07) is 5.81. The average Bonchev–Trinajstić information content (AvgIpc) is 2.41. The lowest BCUT2D eigenvalue weighted by molar-refractivity contribution is -0.0000126. The van der Waals surface area contributed by atoms with E-state index in [-0.39, 0.29) is 24.0 Å². The molecule has 3 nitrogen and oxygen atoms in total. The fourth-order valence-electron chi connectivity index (χ4n) is 2.31. The van der Waals surface area contributed by atoms with Gasteiger partial charge in [0.25, 0.3) is 0 Å². The third kappa shape index (κ3) is 5.19. The van der Waals surface area contributed by atoms with Crippen LogP contribution in [0, 0.1) is 5.82 Å². The first-order valence-corrected chi connectivity index (χ1v) is 6.85. The summed E-state index contributed by atoms with van der Waals surface area (Å²) in [4.78, 5) is 16.6. The molecule has 1 aromatic rings. The summed E-state index contributed by atoms with van der Waals surface area (Å²) >= 11 is 0. The largest absolute Gasteiger partial charge is 1.00 e. The Balaban J connectivity index is 0.00000200. The molecule has 0 amide bonds. The van der Waals surface area contributed by atoms with Crippen molar-refractivity contribution in [3.63, 3.8) is 0 Å². The molecule has 5 heteroatoms. The van der Waals surface area contributed by atoms with Crippen LogP contribution in [-0.2, 0) is 0 Å². The number of ketones is 1.